The molecule has 1 fully saturated rings. The van der Waals surface area contributed by atoms with Gasteiger partial charge in [-0.25, -0.2) is 4.98 Å². The lowest BCUT2D eigenvalue weighted by Crippen LogP contribution is -2.34. The second kappa shape index (κ2) is 8.45. The number of hydrogen-bond donors (Lipinski definition) is 0. The number of thioether (sulfide) groups is 1. The number of amides is 1. The molecule has 0 N–H and O–H groups in total. The summed E-state index contributed by atoms with van der Waals surface area (Å²) in [5.41, 5.74) is 1.15. The summed E-state index contributed by atoms with van der Waals surface area (Å²) < 4.78 is 5.85. The fourth-order valence-electron chi connectivity index (χ4n) is 2.97. The van der Waals surface area contributed by atoms with E-state index in [1.165, 1.54) is 0 Å². The first-order valence-electron chi connectivity index (χ1n) is 8.84. The monoisotopic (exact) mass is 371 g/mol. The quantitative estimate of drug-likeness (QED) is 0.744. The molecule has 0 radical (unpaired) electrons. The van der Waals surface area contributed by atoms with Gasteiger partial charge in [0.05, 0.1) is 12.3 Å². The van der Waals surface area contributed by atoms with E-state index in [9.17, 15) is 4.79 Å². The lowest BCUT2D eigenvalue weighted by atomic mass is 10.1. The molecule has 0 bridgehead atoms. The second-order valence-corrected chi connectivity index (χ2v) is 7.65. The maximum Gasteiger partial charge on any atom is 0.234 e. The average Bonchev–Trinajstić information content (AvgIpc) is 3.04. The average molecular weight is 372 g/mol. The van der Waals surface area contributed by atoms with Crippen LogP contribution in [0.2, 0.25) is 0 Å². The Kier molecular flexibility index (Phi) is 6.04. The van der Waals surface area contributed by atoms with Crippen LogP contribution in [0, 0.1) is 0 Å². The molecular weight excluding hydrogens is 346 g/mol. The minimum absolute atomic E-state index is 0.104. The molecule has 0 spiro atoms. The van der Waals surface area contributed by atoms with E-state index in [-0.39, 0.29) is 17.3 Å². The van der Waals surface area contributed by atoms with Gasteiger partial charge in [0, 0.05) is 19.3 Å². The minimum Gasteiger partial charge on any atom is -0.492 e. The number of nitrogens with zero attached hydrogens (tertiary/aromatic N) is 3. The summed E-state index contributed by atoms with van der Waals surface area (Å²) in [5, 5.41) is 0.104. The van der Waals surface area contributed by atoms with E-state index < -0.39 is 0 Å². The van der Waals surface area contributed by atoms with Gasteiger partial charge in [-0.2, -0.15) is 0 Å². The van der Waals surface area contributed by atoms with Crippen molar-refractivity contribution in [2.75, 3.05) is 30.9 Å². The smallest absolute Gasteiger partial charge is 0.234 e. The molecule has 2 heterocycles. The number of ether oxygens (including phenoxy) is 1. The van der Waals surface area contributed by atoms with Gasteiger partial charge in [0.25, 0.3) is 0 Å². The summed E-state index contributed by atoms with van der Waals surface area (Å²) >= 11 is 1.69. The van der Waals surface area contributed by atoms with Crippen LogP contribution in [0.1, 0.15) is 24.8 Å². The third-order valence-electron chi connectivity index (χ3n) is 4.36. The van der Waals surface area contributed by atoms with Crippen LogP contribution in [-0.2, 0) is 4.79 Å². The zero-order valence-electron chi connectivity index (χ0n) is 15.5. The number of carbonyl (C=O) groups excluding carboxylic acids is 1. The van der Waals surface area contributed by atoms with Gasteiger partial charge in [0.1, 0.15) is 23.5 Å². The van der Waals surface area contributed by atoms with Crippen molar-refractivity contribution in [1.82, 2.24) is 9.88 Å². The molecular formula is C20H25N3O2S. The van der Waals surface area contributed by atoms with E-state index >= 15 is 0 Å². The maximum absolute atomic E-state index is 12.1. The minimum atomic E-state index is 0.104. The lowest BCUT2D eigenvalue weighted by molar-refractivity contribution is -0.129. The molecule has 0 aliphatic carbocycles. The normalized spacial score (nSPS) is 17.0. The highest BCUT2D eigenvalue weighted by molar-refractivity contribution is 8.00. The number of carbonyl (C=O) groups is 1. The van der Waals surface area contributed by atoms with Crippen LogP contribution in [0.3, 0.4) is 0 Å². The van der Waals surface area contributed by atoms with Crippen molar-refractivity contribution in [3.63, 3.8) is 0 Å². The van der Waals surface area contributed by atoms with Crippen LogP contribution in [0.5, 0.6) is 5.75 Å². The number of aromatic nitrogens is 1. The number of pyridine rings is 1. The highest BCUT2D eigenvalue weighted by Crippen LogP contribution is 2.40. The summed E-state index contributed by atoms with van der Waals surface area (Å²) in [6.45, 7) is 5.47. The Bertz CT molecular complexity index is 722. The van der Waals surface area contributed by atoms with Crippen LogP contribution in [0.15, 0.2) is 48.7 Å². The molecule has 26 heavy (non-hydrogen) atoms. The second-order valence-electron chi connectivity index (χ2n) is 6.59. The summed E-state index contributed by atoms with van der Waals surface area (Å²) in [4.78, 5) is 20.4. The molecule has 1 atom stereocenters. The fraction of sp³-hybridized carbons (Fsp3) is 0.400. The SMILES string of the molecule is CC(C)N1C(=O)CSC1c1ccc(OCCN(C)c2ccccn2)cc1. The van der Waals surface area contributed by atoms with Gasteiger partial charge in [-0.1, -0.05) is 18.2 Å². The van der Waals surface area contributed by atoms with Crippen LogP contribution >= 0.6 is 11.8 Å². The van der Waals surface area contributed by atoms with Crippen LogP contribution in [0.25, 0.3) is 0 Å². The van der Waals surface area contributed by atoms with Crippen LogP contribution in [-0.4, -0.2) is 47.8 Å². The Balaban J connectivity index is 1.54. The van der Waals surface area contributed by atoms with Crippen molar-refractivity contribution in [2.24, 2.45) is 0 Å². The Morgan fingerprint density at radius 3 is 2.69 bits per heavy atom. The third-order valence-corrected chi connectivity index (χ3v) is 5.59. The summed E-state index contributed by atoms with van der Waals surface area (Å²) in [6, 6.07) is 14.2. The van der Waals surface area contributed by atoms with E-state index in [0.717, 1.165) is 23.7 Å². The highest BCUT2D eigenvalue weighted by atomic mass is 32.2. The number of benzene rings is 1. The van der Waals surface area contributed by atoms with Gasteiger partial charge in [-0.3, -0.25) is 4.79 Å². The molecule has 3 rings (SSSR count). The van der Waals surface area contributed by atoms with Crippen molar-refractivity contribution in [2.45, 2.75) is 25.3 Å². The Hall–Kier alpha value is -2.21. The topological polar surface area (TPSA) is 45.7 Å². The largest absolute Gasteiger partial charge is 0.492 e. The van der Waals surface area contributed by atoms with Crippen LogP contribution in [0.4, 0.5) is 5.82 Å². The molecule has 138 valence electrons. The number of anilines is 1. The Morgan fingerprint density at radius 2 is 2.04 bits per heavy atom. The van der Waals surface area contributed by atoms with E-state index in [1.807, 2.05) is 42.3 Å². The van der Waals surface area contributed by atoms with Crippen molar-refractivity contribution in [3.8, 4) is 5.75 Å². The zero-order valence-corrected chi connectivity index (χ0v) is 16.3. The van der Waals surface area contributed by atoms with E-state index in [2.05, 4.69) is 35.9 Å². The van der Waals surface area contributed by atoms with Crippen LogP contribution < -0.4 is 9.64 Å². The fourth-order valence-corrected chi connectivity index (χ4v) is 4.30. The van der Waals surface area contributed by atoms with Gasteiger partial charge < -0.3 is 14.5 Å². The maximum atomic E-state index is 12.1. The Labute approximate surface area is 159 Å². The molecule has 5 nitrogen and oxygen atoms in total. The van der Waals surface area contributed by atoms with E-state index in [1.54, 1.807) is 18.0 Å². The molecule has 1 saturated heterocycles. The standard InChI is InChI=1S/C20H25N3O2S/c1-15(2)23-19(24)14-26-20(23)16-7-9-17(10-8-16)25-13-12-22(3)18-6-4-5-11-21-18/h4-11,15,20H,12-14H2,1-3H3. The van der Waals surface area contributed by atoms with Gasteiger partial charge in [-0.05, 0) is 43.7 Å². The molecule has 2 aromatic rings. The first-order valence-corrected chi connectivity index (χ1v) is 9.89. The molecule has 6 heteroatoms. The lowest BCUT2D eigenvalue weighted by Gasteiger charge is -2.28. The molecule has 1 amide bonds. The van der Waals surface area contributed by atoms with Crippen molar-refractivity contribution in [3.05, 3.63) is 54.2 Å². The predicted molar refractivity (Wildman–Crippen MR) is 107 cm³/mol. The number of rotatable bonds is 7. The molecule has 1 aliphatic rings. The molecule has 1 aromatic heterocycles. The molecule has 1 aromatic carbocycles. The Morgan fingerprint density at radius 1 is 1.27 bits per heavy atom. The summed E-state index contributed by atoms with van der Waals surface area (Å²) in [6.07, 6.45) is 1.79. The van der Waals surface area contributed by atoms with Crippen molar-refractivity contribution >= 4 is 23.5 Å². The highest BCUT2D eigenvalue weighted by Gasteiger charge is 2.34. The number of likely N-dealkylation sites (N-methyl/N-ethyl adjacent to an activating group) is 1. The predicted octanol–water partition coefficient (Wildman–Crippen LogP) is 3.58. The van der Waals surface area contributed by atoms with E-state index in [4.69, 9.17) is 4.74 Å². The first kappa shape index (κ1) is 18.6. The first-order chi connectivity index (χ1) is 12.6. The third kappa shape index (κ3) is 4.30. The molecule has 1 aliphatic heterocycles. The summed E-state index contributed by atoms with van der Waals surface area (Å²) in [5.74, 6) is 2.55. The van der Waals surface area contributed by atoms with Gasteiger partial charge in [0.2, 0.25) is 5.91 Å². The molecule has 0 saturated carbocycles. The van der Waals surface area contributed by atoms with Gasteiger partial charge in [0.15, 0.2) is 0 Å². The van der Waals surface area contributed by atoms with Crippen molar-refractivity contribution in [1.29, 1.82) is 0 Å². The summed E-state index contributed by atoms with van der Waals surface area (Å²) in [7, 11) is 2.00. The molecule has 1 unspecified atom stereocenters. The van der Waals surface area contributed by atoms with Crippen molar-refractivity contribution < 1.29 is 9.53 Å². The van der Waals surface area contributed by atoms with Gasteiger partial charge in [-0.15, -0.1) is 11.8 Å². The zero-order chi connectivity index (χ0) is 18.5. The number of hydrogen-bond acceptors (Lipinski definition) is 5. The van der Waals surface area contributed by atoms with Gasteiger partial charge >= 0.3 is 0 Å². The van der Waals surface area contributed by atoms with E-state index in [0.29, 0.717) is 12.4 Å².